The highest BCUT2D eigenvalue weighted by atomic mass is 16.6. The molecule has 0 saturated heterocycles. The Hall–Kier alpha value is -1.38. The Bertz CT molecular complexity index is 294. The average Bonchev–Trinajstić information content (AvgIpc) is 2.19. The van der Waals surface area contributed by atoms with Gasteiger partial charge in [-0.2, -0.15) is 0 Å². The van der Waals surface area contributed by atoms with E-state index in [0.29, 0.717) is 6.42 Å². The average molecular weight is 193 g/mol. The summed E-state index contributed by atoms with van der Waals surface area (Å²) in [5.74, 6) is 0. The van der Waals surface area contributed by atoms with Gasteiger partial charge in [-0.1, -0.05) is 30.4 Å². The molecule has 0 aromatic rings. The van der Waals surface area contributed by atoms with Crippen molar-refractivity contribution in [1.82, 2.24) is 0 Å². The van der Waals surface area contributed by atoms with Crippen molar-refractivity contribution in [2.75, 3.05) is 0 Å². The van der Waals surface area contributed by atoms with Crippen LogP contribution >= 0.6 is 0 Å². The summed E-state index contributed by atoms with van der Waals surface area (Å²) in [6.07, 6.45) is 11.0. The molecule has 1 aliphatic carbocycles. The highest BCUT2D eigenvalue weighted by Gasteiger charge is 2.30. The Morgan fingerprint density at radius 1 is 1.71 bits per heavy atom. The minimum atomic E-state index is -0.524. The number of hydrogen-bond donors (Lipinski definition) is 0. The summed E-state index contributed by atoms with van der Waals surface area (Å²) in [5, 5.41) is 10.6. The third-order valence-corrected chi connectivity index (χ3v) is 2.62. The van der Waals surface area contributed by atoms with Crippen molar-refractivity contribution in [3.63, 3.8) is 0 Å². The van der Waals surface area contributed by atoms with Crippen LogP contribution in [-0.2, 0) is 0 Å². The summed E-state index contributed by atoms with van der Waals surface area (Å²) in [5.41, 5.74) is -0.221. The second-order valence-corrected chi connectivity index (χ2v) is 3.77. The molecule has 0 bridgehead atoms. The fourth-order valence-corrected chi connectivity index (χ4v) is 1.69. The molecular weight excluding hydrogens is 178 g/mol. The molecule has 0 saturated carbocycles. The van der Waals surface area contributed by atoms with E-state index in [0.717, 1.165) is 6.42 Å². The number of nitro groups is 1. The van der Waals surface area contributed by atoms with Gasteiger partial charge in [0.05, 0.1) is 0 Å². The molecule has 0 N–H and O–H groups in total. The molecule has 0 spiro atoms. The van der Waals surface area contributed by atoms with E-state index in [-0.39, 0.29) is 10.3 Å². The van der Waals surface area contributed by atoms with Crippen LogP contribution in [-0.4, -0.2) is 11.0 Å². The first-order chi connectivity index (χ1) is 6.59. The van der Waals surface area contributed by atoms with Gasteiger partial charge in [-0.05, 0) is 6.42 Å². The van der Waals surface area contributed by atoms with Gasteiger partial charge in [0.15, 0.2) is 0 Å². The van der Waals surface area contributed by atoms with E-state index in [1.807, 2.05) is 30.4 Å². The van der Waals surface area contributed by atoms with Crippen LogP contribution in [0.2, 0.25) is 0 Å². The fourth-order valence-electron chi connectivity index (χ4n) is 1.69. The number of nitrogens with zero attached hydrogens (tertiary/aromatic N) is 1. The lowest BCUT2D eigenvalue weighted by molar-refractivity contribution is -0.520. The quantitative estimate of drug-likeness (QED) is 0.391. The van der Waals surface area contributed by atoms with E-state index >= 15 is 0 Å². The molecule has 0 aromatic heterocycles. The van der Waals surface area contributed by atoms with Crippen LogP contribution in [0, 0.1) is 15.5 Å². The lowest BCUT2D eigenvalue weighted by Gasteiger charge is -2.27. The van der Waals surface area contributed by atoms with Gasteiger partial charge in [-0.25, -0.2) is 0 Å². The van der Waals surface area contributed by atoms with Gasteiger partial charge in [0.1, 0.15) is 0 Å². The zero-order valence-electron chi connectivity index (χ0n) is 8.35. The summed E-state index contributed by atoms with van der Waals surface area (Å²) in [4.78, 5) is 10.3. The molecule has 0 radical (unpaired) electrons. The van der Waals surface area contributed by atoms with Gasteiger partial charge in [-0.15, -0.1) is 6.58 Å². The molecule has 3 heteroatoms. The van der Waals surface area contributed by atoms with Crippen molar-refractivity contribution < 1.29 is 4.92 Å². The van der Waals surface area contributed by atoms with E-state index in [4.69, 9.17) is 0 Å². The fraction of sp³-hybridized carbons (Fsp3) is 0.455. The number of rotatable bonds is 4. The summed E-state index contributed by atoms with van der Waals surface area (Å²) >= 11 is 0. The first-order valence-corrected chi connectivity index (χ1v) is 4.71. The van der Waals surface area contributed by atoms with Crippen molar-refractivity contribution in [3.05, 3.63) is 47.1 Å². The number of hydrogen-bond acceptors (Lipinski definition) is 2. The third kappa shape index (κ3) is 2.31. The highest BCUT2D eigenvalue weighted by Crippen LogP contribution is 2.34. The van der Waals surface area contributed by atoms with Crippen molar-refractivity contribution in [2.24, 2.45) is 5.41 Å². The Morgan fingerprint density at radius 3 is 2.86 bits per heavy atom. The largest absolute Gasteiger partial charge is 0.264 e. The summed E-state index contributed by atoms with van der Waals surface area (Å²) in [7, 11) is 0. The molecule has 14 heavy (non-hydrogen) atoms. The van der Waals surface area contributed by atoms with Gasteiger partial charge in [0.2, 0.25) is 6.04 Å². The van der Waals surface area contributed by atoms with Crippen molar-refractivity contribution in [2.45, 2.75) is 25.8 Å². The Labute approximate surface area is 84.0 Å². The normalized spacial score (nSPS) is 27.2. The minimum Gasteiger partial charge on any atom is -0.264 e. The van der Waals surface area contributed by atoms with Crippen LogP contribution in [0.1, 0.15) is 19.8 Å². The lowest BCUT2D eigenvalue weighted by atomic mass is 9.77. The van der Waals surface area contributed by atoms with Gasteiger partial charge < -0.3 is 0 Å². The first-order valence-electron chi connectivity index (χ1n) is 4.71. The van der Waals surface area contributed by atoms with E-state index in [9.17, 15) is 10.1 Å². The summed E-state index contributed by atoms with van der Waals surface area (Å²) in [6, 6.07) is -0.524. The molecule has 0 aliphatic heterocycles. The Balaban J connectivity index is 2.72. The predicted octanol–water partition coefficient (Wildman–Crippen LogP) is 2.73. The zero-order chi connectivity index (χ0) is 10.6. The summed E-state index contributed by atoms with van der Waals surface area (Å²) < 4.78 is 0. The van der Waals surface area contributed by atoms with Crippen LogP contribution < -0.4 is 0 Å². The first kappa shape index (κ1) is 10.7. The Morgan fingerprint density at radius 2 is 2.43 bits per heavy atom. The summed E-state index contributed by atoms with van der Waals surface area (Å²) in [6.45, 7) is 5.40. The molecule has 0 aromatic carbocycles. The number of allylic oxidation sites excluding steroid dienone is 5. The third-order valence-electron chi connectivity index (χ3n) is 2.62. The maximum atomic E-state index is 10.6. The lowest BCUT2D eigenvalue weighted by Crippen LogP contribution is -2.26. The second kappa shape index (κ2) is 4.22. The molecule has 76 valence electrons. The van der Waals surface area contributed by atoms with Crippen molar-refractivity contribution in [3.8, 4) is 0 Å². The van der Waals surface area contributed by atoms with Gasteiger partial charge in [0, 0.05) is 23.7 Å². The topological polar surface area (TPSA) is 43.1 Å². The molecule has 0 heterocycles. The van der Waals surface area contributed by atoms with Crippen LogP contribution in [0.15, 0.2) is 37.0 Å². The van der Waals surface area contributed by atoms with Gasteiger partial charge >= 0.3 is 0 Å². The van der Waals surface area contributed by atoms with Crippen LogP contribution in [0.3, 0.4) is 0 Å². The van der Waals surface area contributed by atoms with Crippen LogP contribution in [0.25, 0.3) is 0 Å². The molecule has 0 fully saturated rings. The molecule has 2 atom stereocenters. The SMILES string of the molecule is C=CC1(CC(C)[N+](=O)[O-])C=CC=CC1. The monoisotopic (exact) mass is 193 g/mol. The zero-order valence-corrected chi connectivity index (χ0v) is 8.35. The van der Waals surface area contributed by atoms with E-state index in [1.165, 1.54) is 0 Å². The van der Waals surface area contributed by atoms with Crippen LogP contribution in [0.4, 0.5) is 0 Å². The van der Waals surface area contributed by atoms with E-state index in [2.05, 4.69) is 6.58 Å². The van der Waals surface area contributed by atoms with Crippen molar-refractivity contribution >= 4 is 0 Å². The van der Waals surface area contributed by atoms with E-state index < -0.39 is 6.04 Å². The smallest absolute Gasteiger partial charge is 0.211 e. The van der Waals surface area contributed by atoms with Crippen LogP contribution in [0.5, 0.6) is 0 Å². The molecule has 0 amide bonds. The minimum absolute atomic E-state index is 0.221. The molecule has 3 nitrogen and oxygen atoms in total. The van der Waals surface area contributed by atoms with Gasteiger partial charge in [-0.3, -0.25) is 10.1 Å². The molecule has 1 aliphatic rings. The molecule has 1 rings (SSSR count). The second-order valence-electron chi connectivity index (χ2n) is 3.77. The molecule has 2 unspecified atom stereocenters. The maximum Gasteiger partial charge on any atom is 0.211 e. The highest BCUT2D eigenvalue weighted by molar-refractivity contribution is 5.21. The predicted molar refractivity (Wildman–Crippen MR) is 56.6 cm³/mol. The molecular formula is C11H15NO2. The van der Waals surface area contributed by atoms with E-state index in [1.54, 1.807) is 6.92 Å². The standard InChI is InChI=1S/C11H15NO2/c1-3-11(7-5-4-6-8-11)9-10(2)12(13)14/h3-7,10H,1,8-9H2,2H3. The Kier molecular flexibility index (Phi) is 3.23. The van der Waals surface area contributed by atoms with Crippen molar-refractivity contribution in [1.29, 1.82) is 0 Å². The maximum absolute atomic E-state index is 10.6. The van der Waals surface area contributed by atoms with Gasteiger partial charge in [0.25, 0.3) is 0 Å².